The van der Waals surface area contributed by atoms with Crippen LogP contribution in [0.3, 0.4) is 0 Å². The third-order valence-corrected chi connectivity index (χ3v) is 5.15. The Bertz CT molecular complexity index is 1030. The van der Waals surface area contributed by atoms with Crippen LogP contribution in [0.15, 0.2) is 48.2 Å². The van der Waals surface area contributed by atoms with E-state index >= 15 is 0 Å². The first-order valence-corrected chi connectivity index (χ1v) is 9.97. The number of benzene rings is 2. The van der Waals surface area contributed by atoms with E-state index in [0.29, 0.717) is 24.4 Å². The van der Waals surface area contributed by atoms with Crippen molar-refractivity contribution in [2.24, 2.45) is 0 Å². The molecule has 2 aromatic rings. The second-order valence-electron chi connectivity index (χ2n) is 7.65. The van der Waals surface area contributed by atoms with Crippen molar-refractivity contribution in [3.8, 4) is 5.75 Å². The molecule has 0 aromatic heterocycles. The standard InChI is InChI=1S/C23H22F2N2O3/c1-14(2)30-17-8-5-15(6-9-17)20-21(26-11-3-4-12-26)23(29)27(22(20)28)19-13-16(24)7-10-18(19)25/h5-10,13-14H,3-4,11-12H2,1-2H3. The molecule has 0 bridgehead atoms. The molecule has 0 spiro atoms. The molecule has 1 fully saturated rings. The fraction of sp³-hybridized carbons (Fsp3) is 0.304. The van der Waals surface area contributed by atoms with E-state index in [1.807, 2.05) is 18.7 Å². The zero-order valence-corrected chi connectivity index (χ0v) is 16.8. The summed E-state index contributed by atoms with van der Waals surface area (Å²) in [6.07, 6.45) is 1.79. The second kappa shape index (κ2) is 7.89. The van der Waals surface area contributed by atoms with Crippen LogP contribution >= 0.6 is 0 Å². The molecule has 30 heavy (non-hydrogen) atoms. The van der Waals surface area contributed by atoms with Crippen molar-refractivity contribution in [2.45, 2.75) is 32.8 Å². The largest absolute Gasteiger partial charge is 0.491 e. The van der Waals surface area contributed by atoms with Crippen LogP contribution in [0.4, 0.5) is 14.5 Å². The average Bonchev–Trinajstić information content (AvgIpc) is 3.31. The number of carbonyl (C=O) groups excluding carboxylic acids is 2. The summed E-state index contributed by atoms with van der Waals surface area (Å²) >= 11 is 0. The Kier molecular flexibility index (Phi) is 5.28. The summed E-state index contributed by atoms with van der Waals surface area (Å²) in [6, 6.07) is 9.61. The minimum atomic E-state index is -0.833. The molecule has 2 aliphatic rings. The van der Waals surface area contributed by atoms with Crippen molar-refractivity contribution in [3.63, 3.8) is 0 Å². The lowest BCUT2D eigenvalue weighted by Crippen LogP contribution is -2.35. The fourth-order valence-electron chi connectivity index (χ4n) is 3.86. The Balaban J connectivity index is 1.79. The molecule has 4 rings (SSSR count). The van der Waals surface area contributed by atoms with Crippen LogP contribution in [0.2, 0.25) is 0 Å². The van der Waals surface area contributed by atoms with Crippen molar-refractivity contribution >= 4 is 23.1 Å². The zero-order chi connectivity index (χ0) is 21.4. The van der Waals surface area contributed by atoms with E-state index in [0.717, 1.165) is 35.9 Å². The van der Waals surface area contributed by atoms with E-state index in [9.17, 15) is 18.4 Å². The Hall–Kier alpha value is -3.22. The quantitative estimate of drug-likeness (QED) is 0.693. The van der Waals surface area contributed by atoms with Gasteiger partial charge >= 0.3 is 0 Å². The van der Waals surface area contributed by atoms with E-state index in [1.54, 1.807) is 24.3 Å². The first-order valence-electron chi connectivity index (χ1n) is 9.97. The van der Waals surface area contributed by atoms with Crippen LogP contribution in [-0.2, 0) is 9.59 Å². The van der Waals surface area contributed by atoms with Gasteiger partial charge in [0.15, 0.2) is 0 Å². The molecular formula is C23H22F2N2O3. The van der Waals surface area contributed by atoms with E-state index < -0.39 is 23.4 Å². The molecular weight excluding hydrogens is 390 g/mol. The minimum Gasteiger partial charge on any atom is -0.491 e. The van der Waals surface area contributed by atoms with Crippen LogP contribution in [0.25, 0.3) is 5.57 Å². The molecule has 2 amide bonds. The number of nitrogens with zero attached hydrogens (tertiary/aromatic N) is 2. The van der Waals surface area contributed by atoms with Gasteiger partial charge in [0.25, 0.3) is 11.8 Å². The topological polar surface area (TPSA) is 49.9 Å². The normalized spacial score (nSPS) is 17.0. The molecule has 0 saturated carbocycles. The molecule has 2 aromatic carbocycles. The number of anilines is 1. The summed E-state index contributed by atoms with van der Waals surface area (Å²) in [4.78, 5) is 29.2. The van der Waals surface area contributed by atoms with E-state index in [-0.39, 0.29) is 23.1 Å². The minimum absolute atomic E-state index is 0.00337. The maximum atomic E-state index is 14.4. The zero-order valence-electron chi connectivity index (χ0n) is 16.8. The molecule has 2 heterocycles. The molecule has 7 heteroatoms. The molecule has 156 valence electrons. The monoisotopic (exact) mass is 412 g/mol. The van der Waals surface area contributed by atoms with Crippen LogP contribution in [0, 0.1) is 11.6 Å². The summed E-state index contributed by atoms with van der Waals surface area (Å²) in [5.41, 5.74) is 0.586. The predicted molar refractivity (Wildman–Crippen MR) is 109 cm³/mol. The van der Waals surface area contributed by atoms with Crippen LogP contribution in [0.5, 0.6) is 5.75 Å². The van der Waals surface area contributed by atoms with Gasteiger partial charge in [-0.15, -0.1) is 0 Å². The van der Waals surface area contributed by atoms with E-state index in [4.69, 9.17) is 4.74 Å². The molecule has 1 saturated heterocycles. The van der Waals surface area contributed by atoms with Crippen LogP contribution < -0.4 is 9.64 Å². The van der Waals surface area contributed by atoms with E-state index in [1.165, 1.54) is 0 Å². The van der Waals surface area contributed by atoms with Gasteiger partial charge in [-0.1, -0.05) is 12.1 Å². The van der Waals surface area contributed by atoms with Gasteiger partial charge in [-0.05, 0) is 56.5 Å². The van der Waals surface area contributed by atoms with E-state index in [2.05, 4.69) is 0 Å². The molecule has 0 unspecified atom stereocenters. The van der Waals surface area contributed by atoms with Gasteiger partial charge in [-0.25, -0.2) is 13.7 Å². The maximum Gasteiger partial charge on any atom is 0.282 e. The first kappa shape index (κ1) is 20.1. The van der Waals surface area contributed by atoms with Gasteiger partial charge in [0, 0.05) is 19.2 Å². The van der Waals surface area contributed by atoms with Crippen molar-refractivity contribution in [2.75, 3.05) is 18.0 Å². The summed E-state index contributed by atoms with van der Waals surface area (Å²) in [7, 11) is 0. The molecule has 0 radical (unpaired) electrons. The smallest absolute Gasteiger partial charge is 0.282 e. The number of rotatable bonds is 5. The summed E-state index contributed by atoms with van der Waals surface area (Å²) < 4.78 is 33.8. The predicted octanol–water partition coefficient (Wildman–Crippen LogP) is 4.13. The number of ether oxygens (including phenoxy) is 1. The third-order valence-electron chi connectivity index (χ3n) is 5.15. The van der Waals surface area contributed by atoms with Gasteiger partial charge in [0.05, 0.1) is 17.4 Å². The van der Waals surface area contributed by atoms with Gasteiger partial charge in [0.2, 0.25) is 0 Å². The van der Waals surface area contributed by atoms with Crippen LogP contribution in [0.1, 0.15) is 32.3 Å². The number of carbonyl (C=O) groups is 2. The second-order valence-corrected chi connectivity index (χ2v) is 7.65. The highest BCUT2D eigenvalue weighted by molar-refractivity contribution is 6.45. The molecule has 5 nitrogen and oxygen atoms in total. The molecule has 0 aliphatic carbocycles. The lowest BCUT2D eigenvalue weighted by atomic mass is 10.0. The highest BCUT2D eigenvalue weighted by Crippen LogP contribution is 2.37. The number of hydrogen-bond acceptors (Lipinski definition) is 4. The molecule has 2 aliphatic heterocycles. The highest BCUT2D eigenvalue weighted by atomic mass is 19.1. The average molecular weight is 412 g/mol. The van der Waals surface area contributed by atoms with Crippen LogP contribution in [-0.4, -0.2) is 35.9 Å². The summed E-state index contributed by atoms with van der Waals surface area (Å²) in [6.45, 7) is 5.08. The van der Waals surface area contributed by atoms with Crippen molar-refractivity contribution < 1.29 is 23.1 Å². The Labute approximate surface area is 173 Å². The van der Waals surface area contributed by atoms with Crippen molar-refractivity contribution in [1.29, 1.82) is 0 Å². The lowest BCUT2D eigenvalue weighted by Gasteiger charge is -2.20. The maximum absolute atomic E-state index is 14.4. The highest BCUT2D eigenvalue weighted by Gasteiger charge is 2.44. The number of halogens is 2. The lowest BCUT2D eigenvalue weighted by molar-refractivity contribution is -0.120. The van der Waals surface area contributed by atoms with Gasteiger partial charge < -0.3 is 9.64 Å². The van der Waals surface area contributed by atoms with Gasteiger partial charge in [-0.3, -0.25) is 9.59 Å². The number of amides is 2. The Morgan fingerprint density at radius 1 is 0.933 bits per heavy atom. The summed E-state index contributed by atoms with van der Waals surface area (Å²) in [5.74, 6) is -2.21. The molecule has 0 atom stereocenters. The Morgan fingerprint density at radius 3 is 2.23 bits per heavy atom. The van der Waals surface area contributed by atoms with Gasteiger partial charge in [-0.2, -0.15) is 0 Å². The SMILES string of the molecule is CC(C)Oc1ccc(C2=C(N3CCCC3)C(=O)N(c3cc(F)ccc3F)C2=O)cc1. The summed E-state index contributed by atoms with van der Waals surface area (Å²) in [5, 5.41) is 0. The van der Waals surface area contributed by atoms with Crippen molar-refractivity contribution in [3.05, 3.63) is 65.4 Å². The number of hydrogen-bond donors (Lipinski definition) is 0. The fourth-order valence-corrected chi connectivity index (χ4v) is 3.86. The third kappa shape index (κ3) is 3.56. The Morgan fingerprint density at radius 2 is 1.60 bits per heavy atom. The molecule has 0 N–H and O–H groups in total. The number of likely N-dealkylation sites (tertiary alicyclic amines) is 1. The van der Waals surface area contributed by atoms with Crippen molar-refractivity contribution in [1.82, 2.24) is 4.90 Å². The number of imide groups is 1. The van der Waals surface area contributed by atoms with Gasteiger partial charge in [0.1, 0.15) is 23.1 Å². The first-order chi connectivity index (χ1) is 14.4.